The van der Waals surface area contributed by atoms with Crippen LogP contribution in [0.15, 0.2) is 35.2 Å². The highest BCUT2D eigenvalue weighted by Crippen LogP contribution is 2.23. The monoisotopic (exact) mass is 392 g/mol. The number of nitrogens with zero attached hydrogens (tertiary/aromatic N) is 1. The quantitative estimate of drug-likeness (QED) is 0.754. The number of hydrogen-bond acceptors (Lipinski definition) is 3. The molecule has 2 aromatic carbocycles. The molecule has 0 heterocycles. The number of aryl methyl sites for hydroxylation is 3. The number of carbonyl (C=O) groups excluding carboxylic acids is 2. The number of likely N-dealkylation sites (N-methyl/N-ethyl adjacent to an activating group) is 1. The van der Waals surface area contributed by atoms with E-state index < -0.39 is 11.6 Å². The zero-order valence-electron chi connectivity index (χ0n) is 15.7. The molecular weight excluding hydrogens is 370 g/mol. The van der Waals surface area contributed by atoms with Crippen molar-refractivity contribution in [1.82, 2.24) is 4.90 Å². The van der Waals surface area contributed by atoms with Crippen molar-refractivity contribution in [3.8, 4) is 0 Å². The van der Waals surface area contributed by atoms with Gasteiger partial charge in [-0.05, 0) is 50.1 Å². The van der Waals surface area contributed by atoms with E-state index in [1.807, 2.05) is 32.9 Å². The molecule has 0 saturated carbocycles. The van der Waals surface area contributed by atoms with Gasteiger partial charge >= 0.3 is 0 Å². The minimum Gasteiger partial charge on any atom is -0.336 e. The van der Waals surface area contributed by atoms with Crippen LogP contribution in [0.3, 0.4) is 0 Å². The van der Waals surface area contributed by atoms with Crippen molar-refractivity contribution in [3.05, 3.63) is 58.7 Å². The number of anilines is 1. The fourth-order valence-corrected chi connectivity index (χ4v) is 3.60. The van der Waals surface area contributed by atoms with Crippen molar-refractivity contribution in [2.45, 2.75) is 25.7 Å². The highest BCUT2D eigenvalue weighted by molar-refractivity contribution is 8.00. The number of nitrogens with one attached hydrogen (secondary N) is 1. The first kappa shape index (κ1) is 20.9. The topological polar surface area (TPSA) is 49.4 Å². The number of amides is 2. The van der Waals surface area contributed by atoms with Crippen molar-refractivity contribution in [2.75, 3.05) is 24.7 Å². The third kappa shape index (κ3) is 5.79. The average molecular weight is 392 g/mol. The Balaban J connectivity index is 1.92. The summed E-state index contributed by atoms with van der Waals surface area (Å²) >= 11 is 0.897. The Morgan fingerprint density at radius 3 is 2.33 bits per heavy atom. The van der Waals surface area contributed by atoms with E-state index in [0.29, 0.717) is 0 Å². The maximum Gasteiger partial charge on any atom is 0.243 e. The molecule has 0 aliphatic rings. The second-order valence-corrected chi connectivity index (χ2v) is 7.45. The van der Waals surface area contributed by atoms with Gasteiger partial charge in [0.15, 0.2) is 0 Å². The van der Waals surface area contributed by atoms with Gasteiger partial charge in [0.2, 0.25) is 11.8 Å². The van der Waals surface area contributed by atoms with Crippen LogP contribution in [0.1, 0.15) is 16.7 Å². The van der Waals surface area contributed by atoms with Gasteiger partial charge in [0.25, 0.3) is 0 Å². The van der Waals surface area contributed by atoms with E-state index in [4.69, 9.17) is 0 Å². The summed E-state index contributed by atoms with van der Waals surface area (Å²) < 4.78 is 26.8. The number of halogens is 2. The van der Waals surface area contributed by atoms with Gasteiger partial charge in [0.1, 0.15) is 11.6 Å². The van der Waals surface area contributed by atoms with Gasteiger partial charge in [-0.25, -0.2) is 8.78 Å². The van der Waals surface area contributed by atoms with E-state index in [1.54, 1.807) is 0 Å². The van der Waals surface area contributed by atoms with Crippen LogP contribution in [-0.4, -0.2) is 36.1 Å². The van der Waals surface area contributed by atoms with E-state index >= 15 is 0 Å². The predicted molar refractivity (Wildman–Crippen MR) is 104 cm³/mol. The molecule has 2 amide bonds. The maximum atomic E-state index is 13.6. The zero-order valence-corrected chi connectivity index (χ0v) is 16.5. The number of carbonyl (C=O) groups is 2. The highest BCUT2D eigenvalue weighted by Gasteiger charge is 2.16. The molecule has 27 heavy (non-hydrogen) atoms. The molecule has 0 fully saturated rings. The first-order valence-electron chi connectivity index (χ1n) is 8.37. The third-order valence-corrected chi connectivity index (χ3v) is 5.01. The standard InChI is InChI=1S/C20H22F2N2O2S/c1-12-7-13(2)20(14(3)8-12)23-18(25)10-24(4)19(26)11-27-17-9-15(21)5-6-16(17)22/h5-9H,10-11H2,1-4H3,(H,23,25). The van der Waals surface area contributed by atoms with Crippen LogP contribution in [0.4, 0.5) is 14.5 Å². The van der Waals surface area contributed by atoms with Gasteiger partial charge in [0.05, 0.1) is 12.3 Å². The van der Waals surface area contributed by atoms with Gasteiger partial charge in [-0.15, -0.1) is 11.8 Å². The van der Waals surface area contributed by atoms with Gasteiger partial charge in [-0.3, -0.25) is 9.59 Å². The van der Waals surface area contributed by atoms with Crippen LogP contribution in [0.25, 0.3) is 0 Å². The second kappa shape index (κ2) is 8.99. The largest absolute Gasteiger partial charge is 0.336 e. The Morgan fingerprint density at radius 2 is 1.70 bits per heavy atom. The lowest BCUT2D eigenvalue weighted by Crippen LogP contribution is -2.36. The molecule has 0 spiro atoms. The van der Waals surface area contributed by atoms with E-state index in [1.165, 1.54) is 11.9 Å². The lowest BCUT2D eigenvalue weighted by atomic mass is 10.1. The summed E-state index contributed by atoms with van der Waals surface area (Å²) in [5, 5.41) is 2.83. The summed E-state index contributed by atoms with van der Waals surface area (Å²) in [6.07, 6.45) is 0. The summed E-state index contributed by atoms with van der Waals surface area (Å²) in [6, 6.07) is 7.03. The van der Waals surface area contributed by atoms with Gasteiger partial charge < -0.3 is 10.2 Å². The lowest BCUT2D eigenvalue weighted by molar-refractivity contribution is -0.131. The lowest BCUT2D eigenvalue weighted by Gasteiger charge is -2.18. The molecule has 0 aliphatic heterocycles. The Morgan fingerprint density at radius 1 is 1.07 bits per heavy atom. The summed E-state index contributed by atoms with van der Waals surface area (Å²) in [4.78, 5) is 25.8. The molecule has 0 unspecified atom stereocenters. The summed E-state index contributed by atoms with van der Waals surface area (Å²) in [5.74, 6) is -1.91. The normalized spacial score (nSPS) is 10.6. The van der Waals surface area contributed by atoms with Gasteiger partial charge in [-0.1, -0.05) is 17.7 Å². The molecule has 4 nitrogen and oxygen atoms in total. The smallest absolute Gasteiger partial charge is 0.243 e. The van der Waals surface area contributed by atoms with Crippen LogP contribution in [0, 0.1) is 32.4 Å². The Hall–Kier alpha value is -2.41. The first-order chi connectivity index (χ1) is 12.7. The van der Waals surface area contributed by atoms with Crippen molar-refractivity contribution in [1.29, 1.82) is 0 Å². The fraction of sp³-hybridized carbons (Fsp3) is 0.300. The Labute approximate surface area is 161 Å². The van der Waals surface area contributed by atoms with Crippen molar-refractivity contribution < 1.29 is 18.4 Å². The minimum absolute atomic E-state index is 0.0621. The second-order valence-electron chi connectivity index (χ2n) is 6.44. The Bertz CT molecular complexity index is 848. The molecule has 0 radical (unpaired) electrons. The van der Waals surface area contributed by atoms with Gasteiger partial charge in [-0.2, -0.15) is 0 Å². The van der Waals surface area contributed by atoms with Crippen LogP contribution in [-0.2, 0) is 9.59 Å². The molecule has 0 saturated heterocycles. The summed E-state index contributed by atoms with van der Waals surface area (Å²) in [7, 11) is 1.50. The maximum absolute atomic E-state index is 13.6. The number of rotatable bonds is 6. The summed E-state index contributed by atoms with van der Waals surface area (Å²) in [6.45, 7) is 5.68. The van der Waals surface area contributed by atoms with Crippen LogP contribution in [0.2, 0.25) is 0 Å². The molecule has 7 heteroatoms. The number of hydrogen-bond donors (Lipinski definition) is 1. The SMILES string of the molecule is Cc1cc(C)c(NC(=O)CN(C)C(=O)CSc2cc(F)ccc2F)c(C)c1. The summed E-state index contributed by atoms with van der Waals surface area (Å²) in [5.41, 5.74) is 3.75. The van der Waals surface area contributed by atoms with Gasteiger partial charge in [0, 0.05) is 17.6 Å². The van der Waals surface area contributed by atoms with Crippen molar-refractivity contribution in [2.24, 2.45) is 0 Å². The van der Waals surface area contributed by atoms with E-state index in [-0.39, 0.29) is 29.0 Å². The van der Waals surface area contributed by atoms with Crippen molar-refractivity contribution >= 4 is 29.3 Å². The number of thioether (sulfide) groups is 1. The molecule has 144 valence electrons. The molecule has 0 bridgehead atoms. The molecule has 0 aliphatic carbocycles. The molecule has 1 N–H and O–H groups in total. The zero-order chi connectivity index (χ0) is 20.1. The minimum atomic E-state index is -0.583. The van der Waals surface area contributed by atoms with E-state index in [0.717, 1.165) is 52.3 Å². The van der Waals surface area contributed by atoms with Crippen LogP contribution >= 0.6 is 11.8 Å². The Kier molecular flexibility index (Phi) is 6.96. The third-order valence-electron chi connectivity index (χ3n) is 3.99. The fourth-order valence-electron chi connectivity index (χ4n) is 2.70. The first-order valence-corrected chi connectivity index (χ1v) is 9.35. The van der Waals surface area contributed by atoms with Crippen LogP contribution < -0.4 is 5.32 Å². The van der Waals surface area contributed by atoms with E-state index in [9.17, 15) is 18.4 Å². The molecule has 0 aromatic heterocycles. The van der Waals surface area contributed by atoms with Crippen molar-refractivity contribution in [3.63, 3.8) is 0 Å². The highest BCUT2D eigenvalue weighted by atomic mass is 32.2. The van der Waals surface area contributed by atoms with E-state index in [2.05, 4.69) is 5.32 Å². The van der Waals surface area contributed by atoms with Crippen LogP contribution in [0.5, 0.6) is 0 Å². The number of benzene rings is 2. The average Bonchev–Trinajstić information content (AvgIpc) is 2.58. The predicted octanol–water partition coefficient (Wildman–Crippen LogP) is 4.08. The molecular formula is C20H22F2N2O2S. The molecule has 0 atom stereocenters. The molecule has 2 rings (SSSR count). The molecule has 2 aromatic rings.